The fourth-order valence-corrected chi connectivity index (χ4v) is 3.17. The normalized spacial score (nSPS) is 20.5. The van der Waals surface area contributed by atoms with Crippen molar-refractivity contribution in [2.45, 2.75) is 51.8 Å². The molecule has 0 aliphatic carbocycles. The van der Waals surface area contributed by atoms with Crippen LogP contribution in [-0.2, 0) is 18.3 Å². The summed E-state index contributed by atoms with van der Waals surface area (Å²) < 4.78 is 7.86. The zero-order valence-electron chi connectivity index (χ0n) is 17.1. The Morgan fingerprint density at radius 2 is 2.07 bits per heavy atom. The van der Waals surface area contributed by atoms with E-state index in [2.05, 4.69) is 46.8 Å². The minimum absolute atomic E-state index is 0. The molecule has 2 heterocycles. The molecular weight excluding hydrogens is 467 g/mol. The van der Waals surface area contributed by atoms with Crippen molar-refractivity contribution in [1.82, 2.24) is 25.4 Å². The lowest BCUT2D eigenvalue weighted by Crippen LogP contribution is -2.46. The van der Waals surface area contributed by atoms with Crippen LogP contribution < -0.4 is 10.6 Å². The highest BCUT2D eigenvalue weighted by Gasteiger charge is 2.29. The van der Waals surface area contributed by atoms with E-state index in [0.29, 0.717) is 6.54 Å². The van der Waals surface area contributed by atoms with Gasteiger partial charge >= 0.3 is 0 Å². The lowest BCUT2D eigenvalue weighted by atomic mass is 10.0. The summed E-state index contributed by atoms with van der Waals surface area (Å²) in [7, 11) is 1.96. The lowest BCUT2D eigenvalue weighted by molar-refractivity contribution is 0.0242. The molecule has 3 rings (SSSR count). The van der Waals surface area contributed by atoms with Gasteiger partial charge in [-0.1, -0.05) is 30.3 Å². The molecule has 1 saturated heterocycles. The highest BCUT2D eigenvalue weighted by atomic mass is 127. The number of hydrogen-bond acceptors (Lipinski definition) is 4. The SMILES string of the molecule is Cc1nnc(CN=C(NCC2(C)CCCO2)NC(C)c2ccccc2)n1C.I. The molecule has 2 N–H and O–H groups in total. The van der Waals surface area contributed by atoms with Crippen LogP contribution in [0, 0.1) is 6.92 Å². The maximum atomic E-state index is 5.89. The molecule has 2 unspecified atom stereocenters. The molecular formula is C20H31IN6O. The van der Waals surface area contributed by atoms with Crippen LogP contribution >= 0.6 is 24.0 Å². The van der Waals surface area contributed by atoms with Crippen molar-refractivity contribution in [2.24, 2.45) is 12.0 Å². The van der Waals surface area contributed by atoms with Gasteiger partial charge in [-0.2, -0.15) is 0 Å². The van der Waals surface area contributed by atoms with Gasteiger partial charge in [0.25, 0.3) is 0 Å². The van der Waals surface area contributed by atoms with Gasteiger partial charge < -0.3 is 19.9 Å². The minimum Gasteiger partial charge on any atom is -0.373 e. The molecule has 1 aromatic heterocycles. The number of aryl methyl sites for hydroxylation is 1. The van der Waals surface area contributed by atoms with Crippen molar-refractivity contribution in [3.63, 3.8) is 0 Å². The van der Waals surface area contributed by atoms with E-state index in [1.165, 1.54) is 5.56 Å². The van der Waals surface area contributed by atoms with Crippen molar-refractivity contribution < 1.29 is 4.74 Å². The predicted molar refractivity (Wildman–Crippen MR) is 122 cm³/mol. The Labute approximate surface area is 184 Å². The van der Waals surface area contributed by atoms with E-state index in [1.54, 1.807) is 0 Å². The van der Waals surface area contributed by atoms with Crippen molar-refractivity contribution >= 4 is 29.9 Å². The quantitative estimate of drug-likeness (QED) is 0.364. The highest BCUT2D eigenvalue weighted by Crippen LogP contribution is 2.23. The Bertz CT molecular complexity index is 770. The minimum atomic E-state index is -0.139. The van der Waals surface area contributed by atoms with Crippen LogP contribution in [0.2, 0.25) is 0 Å². The van der Waals surface area contributed by atoms with Gasteiger partial charge in [0.15, 0.2) is 11.8 Å². The van der Waals surface area contributed by atoms with Crippen LogP contribution in [0.3, 0.4) is 0 Å². The number of nitrogens with zero attached hydrogens (tertiary/aromatic N) is 4. The Balaban J connectivity index is 0.00000280. The van der Waals surface area contributed by atoms with Gasteiger partial charge in [-0.25, -0.2) is 4.99 Å². The van der Waals surface area contributed by atoms with Crippen LogP contribution in [-0.4, -0.2) is 39.5 Å². The Hall–Kier alpha value is -1.68. The van der Waals surface area contributed by atoms with Crippen molar-refractivity contribution in [2.75, 3.05) is 13.2 Å². The summed E-state index contributed by atoms with van der Waals surface area (Å²) in [5.74, 6) is 2.47. The number of benzene rings is 1. The summed E-state index contributed by atoms with van der Waals surface area (Å²) in [5, 5.41) is 15.3. The van der Waals surface area contributed by atoms with E-state index >= 15 is 0 Å². The number of rotatable bonds is 6. The fraction of sp³-hybridized carbons (Fsp3) is 0.550. The molecule has 7 nitrogen and oxygen atoms in total. The summed E-state index contributed by atoms with van der Waals surface area (Å²) >= 11 is 0. The van der Waals surface area contributed by atoms with Gasteiger partial charge in [0.05, 0.1) is 11.6 Å². The largest absolute Gasteiger partial charge is 0.373 e. The predicted octanol–water partition coefficient (Wildman–Crippen LogP) is 3.11. The third kappa shape index (κ3) is 5.91. The average molecular weight is 498 g/mol. The molecule has 8 heteroatoms. The van der Waals surface area contributed by atoms with E-state index in [4.69, 9.17) is 9.73 Å². The zero-order chi connectivity index (χ0) is 19.3. The van der Waals surface area contributed by atoms with Crippen LogP contribution in [0.25, 0.3) is 0 Å². The summed E-state index contributed by atoms with van der Waals surface area (Å²) in [6.07, 6.45) is 2.17. The summed E-state index contributed by atoms with van der Waals surface area (Å²) in [5.41, 5.74) is 1.07. The van der Waals surface area contributed by atoms with E-state index < -0.39 is 0 Å². The number of nitrogens with one attached hydrogen (secondary N) is 2. The van der Waals surface area contributed by atoms with E-state index in [-0.39, 0.29) is 35.6 Å². The monoisotopic (exact) mass is 498 g/mol. The van der Waals surface area contributed by atoms with Gasteiger partial charge in [0, 0.05) is 20.2 Å². The maximum absolute atomic E-state index is 5.89. The molecule has 0 radical (unpaired) electrons. The van der Waals surface area contributed by atoms with Crippen LogP contribution in [0.4, 0.5) is 0 Å². The molecule has 2 atom stereocenters. The number of aliphatic imine (C=N–C) groups is 1. The first-order chi connectivity index (χ1) is 13.0. The highest BCUT2D eigenvalue weighted by molar-refractivity contribution is 14.0. The van der Waals surface area contributed by atoms with Crippen LogP contribution in [0.5, 0.6) is 0 Å². The van der Waals surface area contributed by atoms with E-state index in [9.17, 15) is 0 Å². The first kappa shape index (κ1) is 22.6. The second kappa shape index (κ2) is 10.2. The first-order valence-corrected chi connectivity index (χ1v) is 9.55. The smallest absolute Gasteiger partial charge is 0.192 e. The maximum Gasteiger partial charge on any atom is 0.192 e. The molecule has 28 heavy (non-hydrogen) atoms. The summed E-state index contributed by atoms with van der Waals surface area (Å²) in [6, 6.07) is 10.5. The van der Waals surface area contributed by atoms with Crippen molar-refractivity contribution in [1.29, 1.82) is 0 Å². The number of hydrogen-bond donors (Lipinski definition) is 2. The van der Waals surface area contributed by atoms with Crippen LogP contribution in [0.15, 0.2) is 35.3 Å². The summed E-state index contributed by atoms with van der Waals surface area (Å²) in [4.78, 5) is 4.74. The Kier molecular flexibility index (Phi) is 8.23. The molecule has 1 aromatic carbocycles. The number of ether oxygens (including phenoxy) is 1. The second-order valence-electron chi connectivity index (χ2n) is 7.42. The van der Waals surface area contributed by atoms with Crippen LogP contribution in [0.1, 0.15) is 49.9 Å². The molecule has 1 fully saturated rings. The van der Waals surface area contributed by atoms with E-state index in [0.717, 1.165) is 43.6 Å². The first-order valence-electron chi connectivity index (χ1n) is 9.55. The molecule has 154 valence electrons. The third-order valence-corrected chi connectivity index (χ3v) is 5.14. The Morgan fingerprint density at radius 3 is 2.68 bits per heavy atom. The standard InChI is InChI=1S/C20H30N6O.HI/c1-15(17-9-6-5-7-10-17)23-19(22-14-20(3)11-8-12-27-20)21-13-18-25-24-16(2)26(18)4;/h5-7,9-10,15H,8,11-14H2,1-4H3,(H2,21,22,23);1H. The van der Waals surface area contributed by atoms with Gasteiger partial charge in [-0.15, -0.1) is 34.2 Å². The number of guanidine groups is 1. The molecule has 0 amide bonds. The number of aromatic nitrogens is 3. The summed E-state index contributed by atoms with van der Waals surface area (Å²) in [6.45, 7) is 8.23. The second-order valence-corrected chi connectivity index (χ2v) is 7.42. The van der Waals surface area contributed by atoms with Crippen molar-refractivity contribution in [3.8, 4) is 0 Å². The molecule has 0 saturated carbocycles. The van der Waals surface area contributed by atoms with Gasteiger partial charge in [-0.05, 0) is 39.2 Å². The van der Waals surface area contributed by atoms with E-state index in [1.807, 2.05) is 36.7 Å². The molecule has 0 spiro atoms. The lowest BCUT2D eigenvalue weighted by Gasteiger charge is -2.26. The van der Waals surface area contributed by atoms with Gasteiger partial charge in [0.2, 0.25) is 0 Å². The third-order valence-electron chi connectivity index (χ3n) is 5.14. The molecule has 0 bridgehead atoms. The molecule has 1 aliphatic heterocycles. The molecule has 1 aliphatic rings. The topological polar surface area (TPSA) is 76.4 Å². The zero-order valence-corrected chi connectivity index (χ0v) is 19.4. The Morgan fingerprint density at radius 1 is 1.32 bits per heavy atom. The average Bonchev–Trinajstić information content (AvgIpc) is 3.25. The fourth-order valence-electron chi connectivity index (χ4n) is 3.17. The number of halogens is 1. The van der Waals surface area contributed by atoms with Gasteiger partial charge in [-0.3, -0.25) is 0 Å². The molecule has 2 aromatic rings. The van der Waals surface area contributed by atoms with Gasteiger partial charge in [0.1, 0.15) is 12.4 Å². The van der Waals surface area contributed by atoms with Crippen molar-refractivity contribution in [3.05, 3.63) is 47.5 Å².